The molecule has 0 aromatic heterocycles. The maximum absolute atomic E-state index is 13.6. The summed E-state index contributed by atoms with van der Waals surface area (Å²) in [4.78, 5) is 27.0. The lowest BCUT2D eigenvalue weighted by molar-refractivity contribution is -0.130. The third kappa shape index (κ3) is 4.40. The number of halogens is 2. The first kappa shape index (κ1) is 16.7. The van der Waals surface area contributed by atoms with E-state index >= 15 is 0 Å². The maximum Gasteiger partial charge on any atom is 0.246 e. The van der Waals surface area contributed by atoms with Crippen LogP contribution in [0.3, 0.4) is 0 Å². The largest absolute Gasteiger partial charge is 0.341 e. The second kappa shape index (κ2) is 7.54. The van der Waals surface area contributed by atoms with Crippen molar-refractivity contribution < 1.29 is 14.0 Å². The molecule has 0 spiro atoms. The molecule has 0 radical (unpaired) electrons. The SMILES string of the molecule is CC(=O)N1CCCN(C(=O)/C=C/c2cc(Br)ccc2F)CC1. The van der Waals surface area contributed by atoms with E-state index in [9.17, 15) is 14.0 Å². The Bertz CT molecular complexity index is 604. The van der Waals surface area contributed by atoms with Gasteiger partial charge in [-0.05, 0) is 30.7 Å². The monoisotopic (exact) mass is 368 g/mol. The molecule has 1 fully saturated rings. The number of hydrogen-bond donors (Lipinski definition) is 0. The van der Waals surface area contributed by atoms with E-state index in [0.29, 0.717) is 31.7 Å². The van der Waals surface area contributed by atoms with Crippen LogP contribution in [0.1, 0.15) is 18.9 Å². The maximum atomic E-state index is 13.6. The lowest BCUT2D eigenvalue weighted by atomic mass is 10.2. The smallest absolute Gasteiger partial charge is 0.246 e. The zero-order valence-corrected chi connectivity index (χ0v) is 14.0. The Balaban J connectivity index is 2.01. The molecule has 1 aromatic carbocycles. The average Bonchev–Trinajstić information content (AvgIpc) is 2.74. The van der Waals surface area contributed by atoms with Crippen molar-refractivity contribution in [3.63, 3.8) is 0 Å². The van der Waals surface area contributed by atoms with E-state index in [4.69, 9.17) is 0 Å². The Morgan fingerprint density at radius 2 is 1.86 bits per heavy atom. The normalized spacial score (nSPS) is 16.0. The predicted octanol–water partition coefficient (Wildman–Crippen LogP) is 2.68. The highest BCUT2D eigenvalue weighted by Crippen LogP contribution is 2.17. The fourth-order valence-electron chi connectivity index (χ4n) is 2.36. The summed E-state index contributed by atoms with van der Waals surface area (Å²) in [5.41, 5.74) is 0.364. The molecule has 2 rings (SSSR count). The Kier molecular flexibility index (Phi) is 5.71. The molecular weight excluding hydrogens is 351 g/mol. The van der Waals surface area contributed by atoms with Gasteiger partial charge in [-0.25, -0.2) is 4.39 Å². The molecule has 2 amide bonds. The highest BCUT2D eigenvalue weighted by Gasteiger charge is 2.18. The van der Waals surface area contributed by atoms with Crippen LogP contribution in [0.2, 0.25) is 0 Å². The third-order valence-electron chi connectivity index (χ3n) is 3.62. The molecule has 1 aliphatic rings. The molecule has 1 saturated heterocycles. The van der Waals surface area contributed by atoms with Gasteiger partial charge >= 0.3 is 0 Å². The van der Waals surface area contributed by atoms with Crippen molar-refractivity contribution in [2.45, 2.75) is 13.3 Å². The van der Waals surface area contributed by atoms with Gasteiger partial charge in [-0.2, -0.15) is 0 Å². The Morgan fingerprint density at radius 1 is 1.18 bits per heavy atom. The number of benzene rings is 1. The molecule has 0 atom stereocenters. The molecule has 1 aromatic rings. The van der Waals surface area contributed by atoms with Crippen LogP contribution >= 0.6 is 15.9 Å². The third-order valence-corrected chi connectivity index (χ3v) is 4.11. The fourth-order valence-corrected chi connectivity index (χ4v) is 2.74. The van der Waals surface area contributed by atoms with Gasteiger partial charge in [-0.3, -0.25) is 9.59 Å². The molecule has 22 heavy (non-hydrogen) atoms. The molecule has 0 unspecified atom stereocenters. The predicted molar refractivity (Wildman–Crippen MR) is 86.6 cm³/mol. The van der Waals surface area contributed by atoms with Gasteiger partial charge in [0.15, 0.2) is 0 Å². The molecule has 4 nitrogen and oxygen atoms in total. The summed E-state index contributed by atoms with van der Waals surface area (Å²) >= 11 is 3.28. The summed E-state index contributed by atoms with van der Waals surface area (Å²) < 4.78 is 14.4. The van der Waals surface area contributed by atoms with E-state index in [1.165, 1.54) is 25.1 Å². The number of rotatable bonds is 2. The van der Waals surface area contributed by atoms with Crippen LogP contribution in [-0.4, -0.2) is 47.8 Å². The van der Waals surface area contributed by atoms with Crippen LogP contribution in [0.25, 0.3) is 6.08 Å². The van der Waals surface area contributed by atoms with Crippen LogP contribution in [0.4, 0.5) is 4.39 Å². The molecular formula is C16H18BrFN2O2. The minimum atomic E-state index is -0.370. The van der Waals surface area contributed by atoms with Crippen molar-refractivity contribution in [1.82, 2.24) is 9.80 Å². The summed E-state index contributed by atoms with van der Waals surface area (Å²) in [6.45, 7) is 3.86. The van der Waals surface area contributed by atoms with Crippen LogP contribution in [0.15, 0.2) is 28.7 Å². The second-order valence-corrected chi connectivity index (χ2v) is 6.10. The number of hydrogen-bond acceptors (Lipinski definition) is 2. The minimum absolute atomic E-state index is 0.0287. The van der Waals surface area contributed by atoms with E-state index in [0.717, 1.165) is 10.9 Å². The summed E-state index contributed by atoms with van der Waals surface area (Å²) in [5, 5.41) is 0. The van der Waals surface area contributed by atoms with Gasteiger partial charge in [0.25, 0.3) is 0 Å². The fraction of sp³-hybridized carbons (Fsp3) is 0.375. The first-order valence-electron chi connectivity index (χ1n) is 7.15. The average molecular weight is 369 g/mol. The van der Waals surface area contributed by atoms with Gasteiger partial charge < -0.3 is 9.80 Å². The summed E-state index contributed by atoms with van der Waals surface area (Å²) in [5.74, 6) is -0.503. The number of carbonyl (C=O) groups excluding carboxylic acids is 2. The van der Waals surface area contributed by atoms with Gasteiger partial charge in [-0.15, -0.1) is 0 Å². The van der Waals surface area contributed by atoms with Gasteiger partial charge in [0, 0.05) is 49.2 Å². The summed E-state index contributed by atoms with van der Waals surface area (Å²) in [6, 6.07) is 4.59. The topological polar surface area (TPSA) is 40.6 Å². The summed E-state index contributed by atoms with van der Waals surface area (Å²) in [6.07, 6.45) is 3.62. The van der Waals surface area contributed by atoms with E-state index in [-0.39, 0.29) is 17.6 Å². The van der Waals surface area contributed by atoms with Crippen molar-refractivity contribution in [2.75, 3.05) is 26.2 Å². The van der Waals surface area contributed by atoms with E-state index in [1.54, 1.807) is 21.9 Å². The molecule has 0 saturated carbocycles. The Hall–Kier alpha value is -1.69. The molecule has 1 heterocycles. The van der Waals surface area contributed by atoms with E-state index in [2.05, 4.69) is 15.9 Å². The van der Waals surface area contributed by atoms with Gasteiger partial charge in [-0.1, -0.05) is 15.9 Å². The van der Waals surface area contributed by atoms with Crippen molar-refractivity contribution in [3.8, 4) is 0 Å². The number of carbonyl (C=O) groups is 2. The number of amides is 2. The Morgan fingerprint density at radius 3 is 2.59 bits per heavy atom. The molecule has 118 valence electrons. The van der Waals surface area contributed by atoms with Gasteiger partial charge in [0.2, 0.25) is 11.8 Å². The minimum Gasteiger partial charge on any atom is -0.341 e. The zero-order chi connectivity index (χ0) is 16.1. The van der Waals surface area contributed by atoms with Crippen LogP contribution in [0, 0.1) is 5.82 Å². The van der Waals surface area contributed by atoms with Crippen molar-refractivity contribution in [1.29, 1.82) is 0 Å². The van der Waals surface area contributed by atoms with Crippen molar-refractivity contribution in [3.05, 3.63) is 40.1 Å². The molecule has 1 aliphatic heterocycles. The lowest BCUT2D eigenvalue weighted by Gasteiger charge is -2.20. The standard InChI is InChI=1S/C16H18BrFN2O2/c1-12(21)19-7-2-8-20(10-9-19)16(22)6-3-13-11-14(17)4-5-15(13)18/h3-6,11H,2,7-10H2,1H3/b6-3+. The van der Waals surface area contributed by atoms with Crippen LogP contribution in [0.5, 0.6) is 0 Å². The van der Waals surface area contributed by atoms with E-state index < -0.39 is 0 Å². The molecule has 0 N–H and O–H groups in total. The van der Waals surface area contributed by atoms with Gasteiger partial charge in [0.1, 0.15) is 5.82 Å². The first-order valence-corrected chi connectivity index (χ1v) is 7.94. The molecule has 0 bridgehead atoms. The lowest BCUT2D eigenvalue weighted by Crippen LogP contribution is -2.35. The van der Waals surface area contributed by atoms with Crippen molar-refractivity contribution >= 4 is 33.8 Å². The highest BCUT2D eigenvalue weighted by molar-refractivity contribution is 9.10. The molecule has 6 heteroatoms. The second-order valence-electron chi connectivity index (χ2n) is 5.18. The van der Waals surface area contributed by atoms with E-state index in [1.807, 2.05) is 0 Å². The first-order chi connectivity index (χ1) is 10.5. The quantitative estimate of drug-likeness (QED) is 0.753. The van der Waals surface area contributed by atoms with Gasteiger partial charge in [0.05, 0.1) is 0 Å². The van der Waals surface area contributed by atoms with Crippen LogP contribution < -0.4 is 0 Å². The summed E-state index contributed by atoms with van der Waals surface area (Å²) in [7, 11) is 0. The molecule has 0 aliphatic carbocycles. The number of nitrogens with zero attached hydrogens (tertiary/aromatic N) is 2. The van der Waals surface area contributed by atoms with Crippen LogP contribution in [-0.2, 0) is 9.59 Å². The Labute approximate surface area is 137 Å². The zero-order valence-electron chi connectivity index (χ0n) is 12.4. The van der Waals surface area contributed by atoms with Crippen molar-refractivity contribution in [2.24, 2.45) is 0 Å². The highest BCUT2D eigenvalue weighted by atomic mass is 79.9.